The summed E-state index contributed by atoms with van der Waals surface area (Å²) < 4.78 is 63.2. The smallest absolute Gasteiger partial charge is 0.233 e. The molecule has 0 aliphatic heterocycles. The third-order valence-electron chi connectivity index (χ3n) is 3.76. The van der Waals surface area contributed by atoms with Gasteiger partial charge >= 0.3 is 6.18 Å². The molecule has 0 atom stereocenters. The third kappa shape index (κ3) is 4.91. The van der Waals surface area contributed by atoms with Crippen molar-refractivity contribution in [2.24, 2.45) is 5.14 Å². The molecule has 0 spiro atoms. The van der Waals surface area contributed by atoms with Crippen LogP contribution in [0.4, 0.5) is 13.2 Å². The fourth-order valence-corrected chi connectivity index (χ4v) is 2.94. The Morgan fingerprint density at radius 1 is 1.00 bits per heavy atom. The molecule has 0 fully saturated rings. The molecular formula is C17H14CaF3N3O2S. The maximum Gasteiger partial charge on any atom is 0.435 e. The average Bonchev–Trinajstić information content (AvgIpc) is 3.00. The van der Waals surface area contributed by atoms with E-state index in [0.717, 1.165) is 16.3 Å². The Balaban J connectivity index is 0.00000261. The first-order valence-corrected chi connectivity index (χ1v) is 8.98. The van der Waals surface area contributed by atoms with E-state index in [4.69, 9.17) is 5.14 Å². The van der Waals surface area contributed by atoms with Gasteiger partial charge in [-0.05, 0) is 37.3 Å². The van der Waals surface area contributed by atoms with Gasteiger partial charge < -0.3 is 0 Å². The van der Waals surface area contributed by atoms with Crippen molar-refractivity contribution in [1.82, 2.24) is 9.78 Å². The molecule has 138 valence electrons. The van der Waals surface area contributed by atoms with Crippen molar-refractivity contribution in [3.05, 3.63) is 65.9 Å². The molecule has 0 aliphatic rings. The van der Waals surface area contributed by atoms with Crippen molar-refractivity contribution in [2.75, 3.05) is 0 Å². The van der Waals surface area contributed by atoms with Crippen LogP contribution in [0.2, 0.25) is 0 Å². The van der Waals surface area contributed by atoms with Crippen LogP contribution in [0.3, 0.4) is 0 Å². The summed E-state index contributed by atoms with van der Waals surface area (Å²) in [6.45, 7) is 1.87. The second-order valence-corrected chi connectivity index (χ2v) is 7.29. The molecule has 0 saturated heterocycles. The number of rotatable bonds is 3. The van der Waals surface area contributed by atoms with E-state index in [2.05, 4.69) is 5.10 Å². The normalized spacial score (nSPS) is 11.9. The summed E-state index contributed by atoms with van der Waals surface area (Å²) in [5.74, 6) is 0. The number of primary sulfonamides is 1. The van der Waals surface area contributed by atoms with E-state index >= 15 is 0 Å². The number of alkyl halides is 3. The van der Waals surface area contributed by atoms with Crippen LogP contribution in [0.1, 0.15) is 11.3 Å². The van der Waals surface area contributed by atoms with Crippen molar-refractivity contribution in [1.29, 1.82) is 0 Å². The first-order chi connectivity index (χ1) is 12.1. The number of hydrogen-bond acceptors (Lipinski definition) is 3. The molecule has 10 heteroatoms. The van der Waals surface area contributed by atoms with Crippen molar-refractivity contribution < 1.29 is 21.6 Å². The topological polar surface area (TPSA) is 78.0 Å². The minimum absolute atomic E-state index is 0. The van der Waals surface area contributed by atoms with Crippen LogP contribution < -0.4 is 5.14 Å². The first kappa shape index (κ1) is 21.9. The van der Waals surface area contributed by atoms with Crippen LogP contribution in [0.25, 0.3) is 16.9 Å². The summed E-state index contributed by atoms with van der Waals surface area (Å²) in [5.41, 5.74) is 0.996. The van der Waals surface area contributed by atoms with Gasteiger partial charge in [0, 0.05) is 43.3 Å². The molecule has 0 unspecified atom stereocenters. The van der Waals surface area contributed by atoms with E-state index in [0.29, 0.717) is 5.56 Å². The summed E-state index contributed by atoms with van der Waals surface area (Å²) in [6.07, 6.45) is -4.61. The first-order valence-electron chi connectivity index (χ1n) is 7.43. The predicted molar refractivity (Wildman–Crippen MR) is 95.9 cm³/mol. The standard InChI is InChI=1S/C17H14F3N3O2S.Ca/c1-11-2-4-12(5-3-11)15-10-16(17(18,19)20)22-23(15)13-6-8-14(9-7-13)26(21,24)25;/h2-10H,1H3,(H2,21,24,25);. The van der Waals surface area contributed by atoms with E-state index in [1.165, 1.54) is 24.3 Å². The molecule has 1 heterocycles. The van der Waals surface area contributed by atoms with E-state index in [-0.39, 0.29) is 54.0 Å². The van der Waals surface area contributed by atoms with Gasteiger partial charge in [0.25, 0.3) is 0 Å². The van der Waals surface area contributed by atoms with Gasteiger partial charge in [0.05, 0.1) is 16.3 Å². The fourth-order valence-electron chi connectivity index (χ4n) is 2.42. The minimum atomic E-state index is -4.61. The van der Waals surface area contributed by atoms with Crippen LogP contribution in [-0.4, -0.2) is 55.9 Å². The SMILES string of the molecule is Cc1ccc(-c2cc(C(F)(F)F)nn2-c2ccc(S(N)(=O)=O)cc2)cc1.[Ca]. The van der Waals surface area contributed by atoms with Gasteiger partial charge in [-0.25, -0.2) is 18.2 Å². The maximum absolute atomic E-state index is 13.1. The van der Waals surface area contributed by atoms with Gasteiger partial charge in [0.15, 0.2) is 5.69 Å². The summed E-state index contributed by atoms with van der Waals surface area (Å²) in [6, 6.07) is 13.1. The van der Waals surface area contributed by atoms with Gasteiger partial charge in [0.1, 0.15) is 0 Å². The van der Waals surface area contributed by atoms with Gasteiger partial charge in [-0.3, -0.25) is 0 Å². The second kappa shape index (κ2) is 7.92. The molecular weight excluding hydrogens is 407 g/mol. The molecule has 0 amide bonds. The van der Waals surface area contributed by atoms with Crippen LogP contribution >= 0.6 is 0 Å². The number of hydrogen-bond donors (Lipinski definition) is 1. The zero-order valence-electron chi connectivity index (χ0n) is 14.2. The maximum atomic E-state index is 13.1. The number of nitrogens with two attached hydrogens (primary N) is 1. The number of aromatic nitrogens is 2. The molecule has 0 saturated carbocycles. The number of nitrogens with zero attached hydrogens (tertiary/aromatic N) is 2. The Kier molecular flexibility index (Phi) is 6.43. The van der Waals surface area contributed by atoms with Gasteiger partial charge in [-0.2, -0.15) is 18.3 Å². The molecule has 3 rings (SSSR count). The quantitative estimate of drug-likeness (QED) is 0.660. The number of halogens is 3. The van der Waals surface area contributed by atoms with Gasteiger partial charge in [-0.15, -0.1) is 0 Å². The van der Waals surface area contributed by atoms with E-state index in [1.807, 2.05) is 6.92 Å². The van der Waals surface area contributed by atoms with Crippen molar-refractivity contribution in [2.45, 2.75) is 18.0 Å². The summed E-state index contributed by atoms with van der Waals surface area (Å²) in [4.78, 5) is -0.138. The van der Waals surface area contributed by atoms with E-state index < -0.39 is 21.9 Å². The Hall–Kier alpha value is -1.39. The molecule has 0 aliphatic carbocycles. The van der Waals surface area contributed by atoms with E-state index in [9.17, 15) is 21.6 Å². The minimum Gasteiger partial charge on any atom is -0.233 e. The van der Waals surface area contributed by atoms with Crippen LogP contribution in [-0.2, 0) is 16.2 Å². The van der Waals surface area contributed by atoms with Crippen LogP contribution in [0.15, 0.2) is 59.5 Å². The Bertz CT molecular complexity index is 1040. The number of aryl methyl sites for hydroxylation is 1. The zero-order valence-corrected chi connectivity index (χ0v) is 17.3. The molecule has 0 bridgehead atoms. The Morgan fingerprint density at radius 2 is 1.56 bits per heavy atom. The summed E-state index contributed by atoms with van der Waals surface area (Å²) >= 11 is 0. The van der Waals surface area contributed by atoms with E-state index in [1.54, 1.807) is 24.3 Å². The molecule has 2 radical (unpaired) electrons. The fraction of sp³-hybridized carbons (Fsp3) is 0.118. The predicted octanol–water partition coefficient (Wildman–Crippen LogP) is 3.13. The second-order valence-electron chi connectivity index (χ2n) is 5.73. The molecule has 5 nitrogen and oxygen atoms in total. The zero-order chi connectivity index (χ0) is 19.1. The largest absolute Gasteiger partial charge is 0.435 e. The van der Waals surface area contributed by atoms with Crippen molar-refractivity contribution in [3.63, 3.8) is 0 Å². The average molecular weight is 421 g/mol. The Morgan fingerprint density at radius 3 is 2.04 bits per heavy atom. The monoisotopic (exact) mass is 421 g/mol. The number of sulfonamides is 1. The summed E-state index contributed by atoms with van der Waals surface area (Å²) in [7, 11) is -3.90. The third-order valence-corrected chi connectivity index (χ3v) is 4.69. The van der Waals surface area contributed by atoms with Crippen molar-refractivity contribution in [3.8, 4) is 16.9 Å². The Labute approximate surface area is 184 Å². The molecule has 3 aromatic rings. The van der Waals surface area contributed by atoms with Gasteiger partial charge in [0.2, 0.25) is 10.0 Å². The molecule has 27 heavy (non-hydrogen) atoms. The van der Waals surface area contributed by atoms with Crippen LogP contribution in [0.5, 0.6) is 0 Å². The molecule has 2 aromatic carbocycles. The van der Waals surface area contributed by atoms with Crippen LogP contribution in [0, 0.1) is 6.92 Å². The van der Waals surface area contributed by atoms with Crippen molar-refractivity contribution >= 4 is 47.8 Å². The summed E-state index contributed by atoms with van der Waals surface area (Å²) in [5, 5.41) is 8.70. The molecule has 1 aromatic heterocycles. The number of benzene rings is 2. The van der Waals surface area contributed by atoms with Gasteiger partial charge in [-0.1, -0.05) is 29.8 Å². The molecule has 2 N–H and O–H groups in total.